The van der Waals surface area contributed by atoms with Crippen molar-refractivity contribution in [2.75, 3.05) is 33.4 Å². The van der Waals surface area contributed by atoms with Crippen molar-refractivity contribution in [3.05, 3.63) is 0 Å². The molecule has 3 unspecified atom stereocenters. The first-order valence-electron chi connectivity index (χ1n) is 7.76. The van der Waals surface area contributed by atoms with Gasteiger partial charge in [-0.2, -0.15) is 0 Å². The maximum Gasteiger partial charge on any atom is 0.0502 e. The Morgan fingerprint density at radius 1 is 1.28 bits per heavy atom. The van der Waals surface area contributed by atoms with Gasteiger partial charge in [0.2, 0.25) is 0 Å². The Morgan fingerprint density at radius 3 is 2.89 bits per heavy atom. The van der Waals surface area contributed by atoms with E-state index in [0.717, 1.165) is 24.6 Å². The minimum atomic E-state index is 0.722. The molecule has 2 rings (SSSR count). The fraction of sp³-hybridized carbons (Fsp3) is 1.00. The SMILES string of the molecule is COCC1CCCN(C(C)CC2CCCCN2)C1. The molecule has 1 N–H and O–H groups in total. The molecule has 3 heteroatoms. The zero-order valence-electron chi connectivity index (χ0n) is 12.2. The number of likely N-dealkylation sites (tertiary alicyclic amines) is 1. The molecular weight excluding hydrogens is 224 g/mol. The first kappa shape index (κ1) is 14.3. The van der Waals surface area contributed by atoms with Crippen LogP contribution in [0.2, 0.25) is 0 Å². The second-order valence-corrected chi connectivity index (χ2v) is 6.19. The van der Waals surface area contributed by atoms with Gasteiger partial charge in [0.15, 0.2) is 0 Å². The predicted octanol–water partition coefficient (Wildman–Crippen LogP) is 2.27. The monoisotopic (exact) mass is 254 g/mol. The molecule has 0 saturated carbocycles. The van der Waals surface area contributed by atoms with Gasteiger partial charge in [0.25, 0.3) is 0 Å². The summed E-state index contributed by atoms with van der Waals surface area (Å²) in [7, 11) is 1.83. The summed E-state index contributed by atoms with van der Waals surface area (Å²) in [5.41, 5.74) is 0. The van der Waals surface area contributed by atoms with E-state index in [1.807, 2.05) is 7.11 Å². The van der Waals surface area contributed by atoms with Crippen molar-refractivity contribution >= 4 is 0 Å². The third kappa shape index (κ3) is 4.22. The number of nitrogens with zero attached hydrogens (tertiary/aromatic N) is 1. The number of rotatable bonds is 5. The maximum absolute atomic E-state index is 5.32. The molecule has 0 spiro atoms. The lowest BCUT2D eigenvalue weighted by Gasteiger charge is -2.38. The van der Waals surface area contributed by atoms with Crippen LogP contribution in [0.15, 0.2) is 0 Å². The number of piperidine rings is 2. The van der Waals surface area contributed by atoms with Gasteiger partial charge >= 0.3 is 0 Å². The molecule has 2 aliphatic rings. The molecular formula is C15H30N2O. The number of ether oxygens (including phenoxy) is 1. The fourth-order valence-electron chi connectivity index (χ4n) is 3.56. The molecule has 0 bridgehead atoms. The molecule has 0 aliphatic carbocycles. The van der Waals surface area contributed by atoms with Crippen molar-refractivity contribution in [1.82, 2.24) is 10.2 Å². The molecule has 0 aromatic heterocycles. The Kier molecular flexibility index (Phi) is 5.93. The van der Waals surface area contributed by atoms with Crippen molar-refractivity contribution in [2.24, 2.45) is 5.92 Å². The van der Waals surface area contributed by atoms with Gasteiger partial charge in [-0.25, -0.2) is 0 Å². The van der Waals surface area contributed by atoms with Gasteiger partial charge in [-0.15, -0.1) is 0 Å². The highest BCUT2D eigenvalue weighted by Crippen LogP contribution is 2.22. The second-order valence-electron chi connectivity index (χ2n) is 6.19. The first-order valence-corrected chi connectivity index (χ1v) is 7.76. The zero-order valence-corrected chi connectivity index (χ0v) is 12.2. The summed E-state index contributed by atoms with van der Waals surface area (Å²) in [5.74, 6) is 0.755. The lowest BCUT2D eigenvalue weighted by Crippen LogP contribution is -2.46. The van der Waals surface area contributed by atoms with Crippen LogP contribution in [0.3, 0.4) is 0 Å². The molecule has 3 nitrogen and oxygen atoms in total. The molecule has 0 aromatic rings. The predicted molar refractivity (Wildman–Crippen MR) is 75.9 cm³/mol. The molecule has 0 amide bonds. The van der Waals surface area contributed by atoms with Crippen molar-refractivity contribution in [3.8, 4) is 0 Å². The third-order valence-corrected chi connectivity index (χ3v) is 4.61. The highest BCUT2D eigenvalue weighted by Gasteiger charge is 2.25. The van der Waals surface area contributed by atoms with E-state index in [-0.39, 0.29) is 0 Å². The number of nitrogens with one attached hydrogen (secondary N) is 1. The van der Waals surface area contributed by atoms with Crippen LogP contribution in [0.1, 0.15) is 45.4 Å². The number of methoxy groups -OCH3 is 1. The van der Waals surface area contributed by atoms with Crippen LogP contribution < -0.4 is 5.32 Å². The van der Waals surface area contributed by atoms with E-state index >= 15 is 0 Å². The largest absolute Gasteiger partial charge is 0.384 e. The van der Waals surface area contributed by atoms with E-state index in [1.165, 1.54) is 58.2 Å². The van der Waals surface area contributed by atoms with E-state index in [4.69, 9.17) is 4.74 Å². The van der Waals surface area contributed by atoms with Crippen LogP contribution in [0.5, 0.6) is 0 Å². The van der Waals surface area contributed by atoms with E-state index in [9.17, 15) is 0 Å². The van der Waals surface area contributed by atoms with E-state index < -0.39 is 0 Å². The molecule has 0 radical (unpaired) electrons. The second kappa shape index (κ2) is 7.46. The van der Waals surface area contributed by atoms with E-state index in [2.05, 4.69) is 17.1 Å². The Labute approximate surface area is 112 Å². The van der Waals surface area contributed by atoms with Gasteiger partial charge in [-0.3, -0.25) is 0 Å². The lowest BCUT2D eigenvalue weighted by molar-refractivity contribution is 0.0664. The summed E-state index contributed by atoms with van der Waals surface area (Å²) in [5, 5.41) is 3.67. The average molecular weight is 254 g/mol. The van der Waals surface area contributed by atoms with Gasteiger partial charge in [0.1, 0.15) is 0 Å². The Hall–Kier alpha value is -0.120. The maximum atomic E-state index is 5.32. The third-order valence-electron chi connectivity index (χ3n) is 4.61. The lowest BCUT2D eigenvalue weighted by atomic mass is 9.94. The first-order chi connectivity index (χ1) is 8.79. The summed E-state index contributed by atoms with van der Waals surface area (Å²) < 4.78 is 5.32. The van der Waals surface area contributed by atoms with Gasteiger partial charge in [-0.1, -0.05) is 6.42 Å². The topological polar surface area (TPSA) is 24.5 Å². The summed E-state index contributed by atoms with van der Waals surface area (Å²) in [4.78, 5) is 2.68. The summed E-state index contributed by atoms with van der Waals surface area (Å²) in [6.07, 6.45) is 8.16. The molecule has 106 valence electrons. The van der Waals surface area contributed by atoms with Crippen molar-refractivity contribution < 1.29 is 4.74 Å². The van der Waals surface area contributed by atoms with Crippen molar-refractivity contribution in [2.45, 2.75) is 57.5 Å². The van der Waals surface area contributed by atoms with Gasteiger partial charge in [0, 0.05) is 25.7 Å². The molecule has 18 heavy (non-hydrogen) atoms. The molecule has 0 aromatic carbocycles. The van der Waals surface area contributed by atoms with Crippen LogP contribution in [0, 0.1) is 5.92 Å². The minimum absolute atomic E-state index is 0.722. The number of hydrogen-bond acceptors (Lipinski definition) is 3. The quantitative estimate of drug-likeness (QED) is 0.814. The van der Waals surface area contributed by atoms with Gasteiger partial charge in [-0.05, 0) is 58.0 Å². The van der Waals surface area contributed by atoms with Gasteiger partial charge in [0.05, 0.1) is 6.61 Å². The van der Waals surface area contributed by atoms with Crippen LogP contribution >= 0.6 is 0 Å². The molecule has 2 aliphatic heterocycles. The smallest absolute Gasteiger partial charge is 0.0502 e. The van der Waals surface area contributed by atoms with Crippen LogP contribution in [0.4, 0.5) is 0 Å². The van der Waals surface area contributed by atoms with Crippen molar-refractivity contribution in [1.29, 1.82) is 0 Å². The molecule has 2 fully saturated rings. The Morgan fingerprint density at radius 2 is 2.17 bits per heavy atom. The number of hydrogen-bond donors (Lipinski definition) is 1. The summed E-state index contributed by atoms with van der Waals surface area (Å²) in [6.45, 7) is 7.09. The van der Waals surface area contributed by atoms with E-state index in [0.29, 0.717) is 0 Å². The Bertz CT molecular complexity index is 227. The highest BCUT2D eigenvalue weighted by molar-refractivity contribution is 4.82. The average Bonchev–Trinajstić information content (AvgIpc) is 2.40. The zero-order chi connectivity index (χ0) is 12.8. The Balaban J connectivity index is 1.74. The van der Waals surface area contributed by atoms with Crippen LogP contribution in [0.25, 0.3) is 0 Å². The van der Waals surface area contributed by atoms with Gasteiger partial charge < -0.3 is 15.0 Å². The van der Waals surface area contributed by atoms with Crippen LogP contribution in [-0.2, 0) is 4.74 Å². The normalized spacial score (nSPS) is 32.3. The molecule has 2 heterocycles. The molecule has 2 saturated heterocycles. The summed E-state index contributed by atoms with van der Waals surface area (Å²) >= 11 is 0. The highest BCUT2D eigenvalue weighted by atomic mass is 16.5. The van der Waals surface area contributed by atoms with Crippen LogP contribution in [-0.4, -0.2) is 50.3 Å². The standard InChI is InChI=1S/C15H30N2O/c1-13(10-15-7-3-4-8-16-15)17-9-5-6-14(11-17)12-18-2/h13-16H,3-12H2,1-2H3. The van der Waals surface area contributed by atoms with Crippen molar-refractivity contribution in [3.63, 3.8) is 0 Å². The fourth-order valence-corrected chi connectivity index (χ4v) is 3.56. The van der Waals surface area contributed by atoms with E-state index in [1.54, 1.807) is 0 Å². The minimum Gasteiger partial charge on any atom is -0.384 e. The molecule has 3 atom stereocenters. The summed E-state index contributed by atoms with van der Waals surface area (Å²) in [6, 6.07) is 1.48.